The Labute approximate surface area is 206 Å². The van der Waals surface area contributed by atoms with Crippen LogP contribution >= 0.6 is 23.4 Å². The van der Waals surface area contributed by atoms with E-state index in [1.807, 2.05) is 47.9 Å². The van der Waals surface area contributed by atoms with Crippen LogP contribution in [0.15, 0.2) is 78.0 Å². The van der Waals surface area contributed by atoms with Gasteiger partial charge in [-0.1, -0.05) is 47.1 Å². The number of anilines is 2. The zero-order valence-electron chi connectivity index (χ0n) is 18.6. The molecule has 2 amide bonds. The number of amides is 2. The third-order valence-electron chi connectivity index (χ3n) is 4.83. The van der Waals surface area contributed by atoms with Crippen LogP contribution in [0.25, 0.3) is 17.1 Å². The summed E-state index contributed by atoms with van der Waals surface area (Å²) in [6, 6.07) is 22.4. The Morgan fingerprint density at radius 2 is 1.62 bits per heavy atom. The van der Waals surface area contributed by atoms with E-state index >= 15 is 0 Å². The Hall–Kier alpha value is -3.62. The maximum Gasteiger partial charge on any atom is 0.234 e. The predicted molar refractivity (Wildman–Crippen MR) is 137 cm³/mol. The zero-order valence-corrected chi connectivity index (χ0v) is 20.2. The van der Waals surface area contributed by atoms with E-state index in [2.05, 4.69) is 20.8 Å². The van der Waals surface area contributed by atoms with Crippen LogP contribution < -0.4 is 10.6 Å². The molecule has 0 aliphatic carbocycles. The summed E-state index contributed by atoms with van der Waals surface area (Å²) in [4.78, 5) is 23.9. The number of nitrogens with one attached hydrogen (secondary N) is 2. The number of rotatable bonds is 7. The van der Waals surface area contributed by atoms with Crippen LogP contribution in [0, 0.1) is 6.92 Å². The summed E-state index contributed by atoms with van der Waals surface area (Å²) in [7, 11) is 0. The Morgan fingerprint density at radius 3 is 2.29 bits per heavy atom. The summed E-state index contributed by atoms with van der Waals surface area (Å²) in [5, 5.41) is 15.5. The number of nitrogens with zero attached hydrogens (tertiary/aromatic N) is 3. The van der Waals surface area contributed by atoms with Gasteiger partial charge in [-0.2, -0.15) is 0 Å². The number of thioether (sulfide) groups is 1. The lowest BCUT2D eigenvalue weighted by Crippen LogP contribution is -2.15. The van der Waals surface area contributed by atoms with Crippen LogP contribution in [0.3, 0.4) is 0 Å². The van der Waals surface area contributed by atoms with Crippen molar-refractivity contribution in [2.45, 2.75) is 19.0 Å². The SMILES string of the molecule is CC(=O)Nc1cccc(NC(=O)CSc2nnc(-c3ccc(Cl)cc3)n2-c2ccc(C)cc2)c1. The molecule has 0 aliphatic rings. The highest BCUT2D eigenvalue weighted by Gasteiger charge is 2.17. The van der Waals surface area contributed by atoms with Crippen LogP contribution in [-0.2, 0) is 9.59 Å². The van der Waals surface area contributed by atoms with Crippen molar-refractivity contribution in [1.29, 1.82) is 0 Å². The van der Waals surface area contributed by atoms with Crippen molar-refractivity contribution in [3.8, 4) is 17.1 Å². The van der Waals surface area contributed by atoms with Gasteiger partial charge in [-0.3, -0.25) is 14.2 Å². The van der Waals surface area contributed by atoms with Crippen molar-refractivity contribution in [1.82, 2.24) is 14.8 Å². The van der Waals surface area contributed by atoms with Crippen molar-refractivity contribution in [3.05, 3.63) is 83.4 Å². The summed E-state index contributed by atoms with van der Waals surface area (Å²) >= 11 is 7.34. The van der Waals surface area contributed by atoms with Gasteiger partial charge in [-0.25, -0.2) is 0 Å². The molecule has 3 aromatic carbocycles. The molecule has 0 saturated heterocycles. The van der Waals surface area contributed by atoms with Gasteiger partial charge in [0.1, 0.15) is 0 Å². The molecule has 34 heavy (non-hydrogen) atoms. The quantitative estimate of drug-likeness (QED) is 0.329. The molecule has 172 valence electrons. The van der Waals surface area contributed by atoms with Gasteiger partial charge in [0.2, 0.25) is 11.8 Å². The van der Waals surface area contributed by atoms with Gasteiger partial charge in [-0.05, 0) is 61.5 Å². The Balaban J connectivity index is 1.55. The standard InChI is InChI=1S/C25H22ClN5O2S/c1-16-6-12-22(13-7-16)31-24(18-8-10-19(26)11-9-18)29-30-25(31)34-15-23(33)28-21-5-3-4-20(14-21)27-17(2)32/h3-14H,15H2,1-2H3,(H,27,32)(H,28,33). The number of aryl methyl sites for hydroxylation is 1. The van der Waals surface area contributed by atoms with E-state index in [1.54, 1.807) is 36.4 Å². The maximum absolute atomic E-state index is 12.6. The van der Waals surface area contributed by atoms with E-state index < -0.39 is 0 Å². The number of hydrogen-bond acceptors (Lipinski definition) is 5. The Kier molecular flexibility index (Phi) is 7.30. The smallest absolute Gasteiger partial charge is 0.234 e. The minimum atomic E-state index is -0.198. The first-order valence-corrected chi connectivity index (χ1v) is 11.8. The largest absolute Gasteiger partial charge is 0.326 e. The maximum atomic E-state index is 12.6. The van der Waals surface area contributed by atoms with E-state index in [-0.39, 0.29) is 17.6 Å². The fourth-order valence-corrected chi connectivity index (χ4v) is 4.16. The molecule has 7 nitrogen and oxygen atoms in total. The Bertz CT molecular complexity index is 1320. The number of carbonyl (C=O) groups is 2. The molecule has 1 aromatic heterocycles. The molecule has 0 spiro atoms. The summed E-state index contributed by atoms with van der Waals surface area (Å²) in [6.45, 7) is 3.46. The lowest BCUT2D eigenvalue weighted by Gasteiger charge is -2.11. The molecule has 9 heteroatoms. The lowest BCUT2D eigenvalue weighted by molar-refractivity contribution is -0.114. The molecular formula is C25H22ClN5O2S. The van der Waals surface area contributed by atoms with Crippen LogP contribution in [0.2, 0.25) is 5.02 Å². The predicted octanol–water partition coefficient (Wildman–Crippen LogP) is 5.59. The molecular weight excluding hydrogens is 470 g/mol. The highest BCUT2D eigenvalue weighted by molar-refractivity contribution is 7.99. The molecule has 4 aromatic rings. The van der Waals surface area contributed by atoms with Crippen molar-refractivity contribution in [2.75, 3.05) is 16.4 Å². The summed E-state index contributed by atoms with van der Waals surface area (Å²) < 4.78 is 1.93. The average Bonchev–Trinajstić information content (AvgIpc) is 3.22. The van der Waals surface area contributed by atoms with Crippen LogP contribution in [0.4, 0.5) is 11.4 Å². The summed E-state index contributed by atoms with van der Waals surface area (Å²) in [6.07, 6.45) is 0. The molecule has 0 saturated carbocycles. The fraction of sp³-hybridized carbons (Fsp3) is 0.120. The van der Waals surface area contributed by atoms with Crippen molar-refractivity contribution >= 4 is 46.6 Å². The van der Waals surface area contributed by atoms with Crippen LogP contribution in [0.1, 0.15) is 12.5 Å². The number of aromatic nitrogens is 3. The minimum Gasteiger partial charge on any atom is -0.326 e. The van der Waals surface area contributed by atoms with Gasteiger partial charge in [0.25, 0.3) is 0 Å². The first kappa shape index (κ1) is 23.5. The molecule has 0 fully saturated rings. The molecule has 0 atom stereocenters. The monoisotopic (exact) mass is 491 g/mol. The third kappa shape index (κ3) is 5.84. The summed E-state index contributed by atoms with van der Waals surface area (Å²) in [5.74, 6) is 0.420. The van der Waals surface area contributed by atoms with E-state index in [0.29, 0.717) is 27.4 Å². The van der Waals surface area contributed by atoms with Gasteiger partial charge in [0.05, 0.1) is 5.75 Å². The average molecular weight is 492 g/mol. The molecule has 0 unspecified atom stereocenters. The molecule has 0 radical (unpaired) electrons. The zero-order chi connectivity index (χ0) is 24.1. The van der Waals surface area contributed by atoms with Crippen molar-refractivity contribution in [3.63, 3.8) is 0 Å². The van der Waals surface area contributed by atoms with E-state index in [1.165, 1.54) is 18.7 Å². The van der Waals surface area contributed by atoms with E-state index in [0.717, 1.165) is 16.8 Å². The van der Waals surface area contributed by atoms with Crippen molar-refractivity contribution < 1.29 is 9.59 Å². The third-order valence-corrected chi connectivity index (χ3v) is 6.01. The van der Waals surface area contributed by atoms with Gasteiger partial charge in [0, 0.05) is 34.6 Å². The number of benzene rings is 3. The second-order valence-electron chi connectivity index (χ2n) is 7.58. The molecule has 0 bridgehead atoms. The lowest BCUT2D eigenvalue weighted by atomic mass is 10.2. The second kappa shape index (κ2) is 10.5. The highest BCUT2D eigenvalue weighted by atomic mass is 35.5. The van der Waals surface area contributed by atoms with Crippen LogP contribution in [0.5, 0.6) is 0 Å². The topological polar surface area (TPSA) is 88.9 Å². The van der Waals surface area contributed by atoms with Crippen molar-refractivity contribution in [2.24, 2.45) is 0 Å². The molecule has 4 rings (SSSR count). The first-order chi connectivity index (χ1) is 16.4. The fourth-order valence-electron chi connectivity index (χ4n) is 3.28. The van der Waals surface area contributed by atoms with Gasteiger partial charge in [-0.15, -0.1) is 10.2 Å². The van der Waals surface area contributed by atoms with Gasteiger partial charge < -0.3 is 10.6 Å². The van der Waals surface area contributed by atoms with E-state index in [4.69, 9.17) is 11.6 Å². The number of halogens is 1. The van der Waals surface area contributed by atoms with Gasteiger partial charge >= 0.3 is 0 Å². The second-order valence-corrected chi connectivity index (χ2v) is 8.96. The minimum absolute atomic E-state index is 0.134. The first-order valence-electron chi connectivity index (χ1n) is 10.5. The molecule has 0 aliphatic heterocycles. The number of carbonyl (C=O) groups excluding carboxylic acids is 2. The Morgan fingerprint density at radius 1 is 0.941 bits per heavy atom. The van der Waals surface area contributed by atoms with E-state index in [9.17, 15) is 9.59 Å². The highest BCUT2D eigenvalue weighted by Crippen LogP contribution is 2.29. The molecule has 2 N–H and O–H groups in total. The van der Waals surface area contributed by atoms with Gasteiger partial charge in [0.15, 0.2) is 11.0 Å². The van der Waals surface area contributed by atoms with Crippen LogP contribution in [-0.4, -0.2) is 32.3 Å². The molecule has 1 heterocycles. The summed E-state index contributed by atoms with van der Waals surface area (Å²) in [5.41, 5.74) is 4.11. The number of hydrogen-bond donors (Lipinski definition) is 2. The normalized spacial score (nSPS) is 10.7.